The van der Waals surface area contributed by atoms with Gasteiger partial charge in [-0.05, 0) is 38.0 Å². The van der Waals surface area contributed by atoms with Gasteiger partial charge in [0.1, 0.15) is 0 Å². The van der Waals surface area contributed by atoms with E-state index in [1.807, 2.05) is 0 Å². The van der Waals surface area contributed by atoms with Gasteiger partial charge >= 0.3 is 0 Å². The Morgan fingerprint density at radius 1 is 1.40 bits per heavy atom. The van der Waals surface area contributed by atoms with E-state index in [1.165, 1.54) is 19.3 Å². The minimum Gasteiger partial charge on any atom is -0.380 e. The minimum absolute atomic E-state index is 0.142. The molecule has 2 rings (SSSR count). The highest BCUT2D eigenvalue weighted by Crippen LogP contribution is 2.48. The number of hydrogen-bond donors (Lipinski definition) is 1. The van der Waals surface area contributed by atoms with Gasteiger partial charge < -0.3 is 10.1 Å². The summed E-state index contributed by atoms with van der Waals surface area (Å²) in [5.41, 5.74) is 0.443. The summed E-state index contributed by atoms with van der Waals surface area (Å²) in [4.78, 5) is 0. The van der Waals surface area contributed by atoms with Gasteiger partial charge in [-0.2, -0.15) is 5.26 Å². The van der Waals surface area contributed by atoms with E-state index in [0.717, 1.165) is 26.2 Å². The summed E-state index contributed by atoms with van der Waals surface area (Å²) >= 11 is 0. The molecule has 84 valence electrons. The van der Waals surface area contributed by atoms with Crippen LogP contribution in [0.5, 0.6) is 0 Å². The quantitative estimate of drug-likeness (QED) is 0.766. The van der Waals surface area contributed by atoms with Crippen LogP contribution in [0.3, 0.4) is 0 Å². The second kappa shape index (κ2) is 4.11. The van der Waals surface area contributed by atoms with Gasteiger partial charge in [0.05, 0.1) is 12.7 Å². The van der Waals surface area contributed by atoms with Gasteiger partial charge in [0.25, 0.3) is 0 Å². The van der Waals surface area contributed by atoms with Crippen LogP contribution in [0.4, 0.5) is 0 Å². The molecule has 1 saturated heterocycles. The van der Waals surface area contributed by atoms with Gasteiger partial charge in [-0.1, -0.05) is 0 Å². The number of nitriles is 1. The third-order valence-corrected chi connectivity index (χ3v) is 3.74. The van der Waals surface area contributed by atoms with Gasteiger partial charge in [-0.3, -0.25) is 0 Å². The number of ether oxygens (including phenoxy) is 1. The fourth-order valence-corrected chi connectivity index (χ4v) is 2.23. The lowest BCUT2D eigenvalue weighted by molar-refractivity contribution is 0.0263. The van der Waals surface area contributed by atoms with Crippen molar-refractivity contribution in [1.82, 2.24) is 5.32 Å². The maximum atomic E-state index is 8.74. The van der Waals surface area contributed by atoms with Crippen LogP contribution < -0.4 is 5.32 Å². The lowest BCUT2D eigenvalue weighted by Gasteiger charge is -2.35. The molecule has 0 radical (unpaired) electrons. The average Bonchev–Trinajstić information content (AvgIpc) is 2.98. The van der Waals surface area contributed by atoms with Crippen molar-refractivity contribution in [3.63, 3.8) is 0 Å². The largest absolute Gasteiger partial charge is 0.380 e. The van der Waals surface area contributed by atoms with Gasteiger partial charge in [0, 0.05) is 25.1 Å². The van der Waals surface area contributed by atoms with E-state index in [-0.39, 0.29) is 5.54 Å². The highest BCUT2D eigenvalue weighted by molar-refractivity contribution is 5.02. The number of nitrogens with zero attached hydrogens (tertiary/aromatic N) is 1. The summed E-state index contributed by atoms with van der Waals surface area (Å²) in [5, 5.41) is 12.4. The van der Waals surface area contributed by atoms with Crippen LogP contribution in [0.2, 0.25) is 0 Å². The summed E-state index contributed by atoms with van der Waals surface area (Å²) in [6, 6.07) is 2.30. The Morgan fingerprint density at radius 3 is 2.73 bits per heavy atom. The Morgan fingerprint density at radius 2 is 2.20 bits per heavy atom. The molecule has 0 amide bonds. The molecule has 0 aromatic heterocycles. The van der Waals surface area contributed by atoms with E-state index >= 15 is 0 Å². The molecule has 2 fully saturated rings. The van der Waals surface area contributed by atoms with Crippen molar-refractivity contribution in [3.05, 3.63) is 0 Å². The molecular formula is C12H20N2O. The molecule has 1 heterocycles. The molecular weight excluding hydrogens is 188 g/mol. The highest BCUT2D eigenvalue weighted by atomic mass is 16.5. The topological polar surface area (TPSA) is 45.0 Å². The summed E-state index contributed by atoms with van der Waals surface area (Å²) < 4.78 is 5.50. The first-order valence-corrected chi connectivity index (χ1v) is 5.88. The SMILES string of the molecule is CC1(NCC2(CC#N)CC2)CCCOC1. The molecule has 0 aromatic carbocycles. The maximum Gasteiger partial charge on any atom is 0.0645 e. The Balaban J connectivity index is 1.79. The molecule has 0 bridgehead atoms. The van der Waals surface area contributed by atoms with E-state index in [4.69, 9.17) is 10.00 Å². The predicted molar refractivity (Wildman–Crippen MR) is 58.4 cm³/mol. The zero-order valence-corrected chi connectivity index (χ0v) is 9.51. The Kier molecular flexibility index (Phi) is 2.99. The molecule has 0 aromatic rings. The number of nitrogens with one attached hydrogen (secondary N) is 1. The maximum absolute atomic E-state index is 8.74. The normalized spacial score (nSPS) is 33.3. The first kappa shape index (κ1) is 10.9. The molecule has 1 N–H and O–H groups in total. The molecule has 1 unspecified atom stereocenters. The first-order chi connectivity index (χ1) is 7.18. The fraction of sp³-hybridized carbons (Fsp3) is 0.917. The highest BCUT2D eigenvalue weighted by Gasteiger charge is 2.43. The van der Waals surface area contributed by atoms with Crippen LogP contribution in [-0.2, 0) is 4.74 Å². The smallest absolute Gasteiger partial charge is 0.0645 e. The molecule has 1 atom stereocenters. The van der Waals surface area contributed by atoms with Crippen LogP contribution >= 0.6 is 0 Å². The van der Waals surface area contributed by atoms with Gasteiger partial charge in [-0.15, -0.1) is 0 Å². The van der Waals surface area contributed by atoms with Crippen molar-refractivity contribution in [2.75, 3.05) is 19.8 Å². The second-order valence-electron chi connectivity index (χ2n) is 5.41. The second-order valence-corrected chi connectivity index (χ2v) is 5.41. The lowest BCUT2D eigenvalue weighted by Crippen LogP contribution is -2.50. The van der Waals surface area contributed by atoms with Crippen LogP contribution in [0, 0.1) is 16.7 Å². The zero-order chi connectivity index (χ0) is 10.8. The van der Waals surface area contributed by atoms with Crippen molar-refractivity contribution in [2.45, 2.75) is 44.6 Å². The summed E-state index contributed by atoms with van der Waals surface area (Å²) in [5.74, 6) is 0. The van der Waals surface area contributed by atoms with Crippen molar-refractivity contribution < 1.29 is 4.74 Å². The Bertz CT molecular complexity index is 259. The number of rotatable bonds is 4. The molecule has 1 aliphatic heterocycles. The fourth-order valence-electron chi connectivity index (χ4n) is 2.23. The molecule has 3 nitrogen and oxygen atoms in total. The minimum atomic E-state index is 0.142. The molecule has 15 heavy (non-hydrogen) atoms. The van der Waals surface area contributed by atoms with Crippen molar-refractivity contribution in [2.24, 2.45) is 5.41 Å². The van der Waals surface area contributed by atoms with Crippen molar-refractivity contribution in [3.8, 4) is 6.07 Å². The Hall–Kier alpha value is -0.590. The van der Waals surface area contributed by atoms with Crippen molar-refractivity contribution in [1.29, 1.82) is 5.26 Å². The number of hydrogen-bond acceptors (Lipinski definition) is 3. The van der Waals surface area contributed by atoms with Gasteiger partial charge in [0.15, 0.2) is 0 Å². The summed E-state index contributed by atoms with van der Waals surface area (Å²) in [7, 11) is 0. The van der Waals surface area contributed by atoms with Crippen LogP contribution in [0.25, 0.3) is 0 Å². The third kappa shape index (κ3) is 2.70. The molecule has 0 spiro atoms. The van der Waals surface area contributed by atoms with Crippen molar-refractivity contribution >= 4 is 0 Å². The third-order valence-electron chi connectivity index (χ3n) is 3.74. The van der Waals surface area contributed by atoms with Gasteiger partial charge in [0.2, 0.25) is 0 Å². The molecule has 1 aliphatic carbocycles. The summed E-state index contributed by atoms with van der Waals surface area (Å²) in [6.45, 7) is 4.94. The molecule has 1 saturated carbocycles. The van der Waals surface area contributed by atoms with Gasteiger partial charge in [-0.25, -0.2) is 0 Å². The van der Waals surface area contributed by atoms with E-state index in [0.29, 0.717) is 11.8 Å². The van der Waals surface area contributed by atoms with E-state index < -0.39 is 0 Å². The first-order valence-electron chi connectivity index (χ1n) is 5.88. The van der Waals surface area contributed by atoms with Crippen LogP contribution in [-0.4, -0.2) is 25.3 Å². The lowest BCUT2D eigenvalue weighted by atomic mass is 9.93. The van der Waals surface area contributed by atoms with E-state index in [1.54, 1.807) is 0 Å². The standard InChI is InChI=1S/C12H20N2O/c1-11(3-2-8-15-10-11)14-9-12(4-5-12)6-7-13/h14H,2-6,8-10H2,1H3. The van der Waals surface area contributed by atoms with Crippen LogP contribution in [0.1, 0.15) is 39.0 Å². The zero-order valence-electron chi connectivity index (χ0n) is 9.51. The van der Waals surface area contributed by atoms with E-state index in [9.17, 15) is 0 Å². The predicted octanol–water partition coefficient (Wildman–Crippen LogP) is 1.84. The van der Waals surface area contributed by atoms with E-state index in [2.05, 4.69) is 18.3 Å². The van der Waals surface area contributed by atoms with Crippen LogP contribution in [0.15, 0.2) is 0 Å². The Labute approximate surface area is 91.8 Å². The molecule has 2 aliphatic rings. The monoisotopic (exact) mass is 208 g/mol. The molecule has 3 heteroatoms. The summed E-state index contributed by atoms with van der Waals surface area (Å²) in [6.07, 6.45) is 5.47. The average molecular weight is 208 g/mol.